The van der Waals surface area contributed by atoms with Crippen LogP contribution in [-0.4, -0.2) is 161 Å². The summed E-state index contributed by atoms with van der Waals surface area (Å²) in [6.45, 7) is 116. The molecular formula is C110H183B11O11. The summed E-state index contributed by atoms with van der Waals surface area (Å²) < 4.78 is 51.9. The first-order valence-corrected chi connectivity index (χ1v) is 49.8. The minimum absolute atomic E-state index is 0.359. The van der Waals surface area contributed by atoms with Crippen molar-refractivity contribution in [2.45, 2.75) is 263 Å². The molecule has 0 bridgehead atoms. The lowest BCUT2D eigenvalue weighted by atomic mass is 9.88. The van der Waals surface area contributed by atoms with Gasteiger partial charge in [-0.25, -0.2) is 0 Å². The highest BCUT2D eigenvalue weighted by Gasteiger charge is 2.44. The Morgan fingerprint density at radius 2 is 0.439 bits per heavy atom. The van der Waals surface area contributed by atoms with Gasteiger partial charge in [-0.1, -0.05) is 295 Å². The average molecular weight is 1800 g/mol. The van der Waals surface area contributed by atoms with E-state index >= 15 is 0 Å². The van der Waals surface area contributed by atoms with Crippen molar-refractivity contribution < 1.29 is 51.2 Å². The lowest BCUT2D eigenvalue weighted by Gasteiger charge is -2.21. The molecule has 11 rings (SSSR count). The van der Waals surface area contributed by atoms with Gasteiger partial charge in [-0.05, 0) is 297 Å². The van der Waals surface area contributed by atoms with Crippen molar-refractivity contribution in [1.82, 2.24) is 0 Å². The van der Waals surface area contributed by atoms with E-state index in [9.17, 15) is 0 Å². The van der Waals surface area contributed by atoms with Crippen LogP contribution < -0.4 is 0 Å². The van der Waals surface area contributed by atoms with Crippen LogP contribution in [0, 0.1) is 207 Å². The van der Waals surface area contributed by atoms with Gasteiger partial charge in [-0.3, -0.25) is 0 Å². The molecule has 0 saturated heterocycles. The highest BCUT2D eigenvalue weighted by atomic mass is 16.4. The number of allylic oxidation sites excluding steroid dienone is 15. The Kier molecular flexibility index (Phi) is 58.5. The molecule has 4 fully saturated rings. The van der Waals surface area contributed by atoms with E-state index in [0.29, 0.717) is 250 Å². The Morgan fingerprint density at radius 1 is 0.167 bits per heavy atom. The largest absolute Gasteiger partial charge is 0.447 e. The Bertz CT molecular complexity index is 3550. The lowest BCUT2D eigenvalue weighted by molar-refractivity contribution is 0.193. The monoisotopic (exact) mass is 1800 g/mol. The predicted molar refractivity (Wildman–Crippen MR) is 571 cm³/mol. The minimum atomic E-state index is 0.359. The molecule has 22 radical (unpaired) electrons. The van der Waals surface area contributed by atoms with Gasteiger partial charge in [-0.15, -0.1) is 0 Å². The van der Waals surface area contributed by atoms with Crippen molar-refractivity contribution >= 4 is 88.5 Å². The highest BCUT2D eigenvalue weighted by Crippen LogP contribution is 2.51. The van der Waals surface area contributed by atoms with Crippen LogP contribution in [0.25, 0.3) is 0 Å². The van der Waals surface area contributed by atoms with Gasteiger partial charge in [0.2, 0.25) is 0 Å². The van der Waals surface area contributed by atoms with Crippen molar-refractivity contribution in [1.29, 1.82) is 0 Å². The molecule has 0 N–H and O–H groups in total. The van der Waals surface area contributed by atoms with Gasteiger partial charge in [0.15, 0.2) is 0 Å². The molecule has 0 spiro atoms. The van der Waals surface area contributed by atoms with E-state index in [4.69, 9.17) is 126 Å². The van der Waals surface area contributed by atoms with Crippen LogP contribution in [0.3, 0.4) is 0 Å². The topological polar surface area (TPSA) is 102 Å². The van der Waals surface area contributed by atoms with Gasteiger partial charge in [-0.2, -0.15) is 0 Å². The molecule has 0 amide bonds. The summed E-state index contributed by atoms with van der Waals surface area (Å²) in [4.78, 5) is 0. The Balaban J connectivity index is 0.000000726. The van der Waals surface area contributed by atoms with Crippen LogP contribution in [0.15, 0.2) is 151 Å². The van der Waals surface area contributed by atoms with E-state index < -0.39 is 0 Å². The summed E-state index contributed by atoms with van der Waals surface area (Å²) in [6, 6.07) is 0. The Morgan fingerprint density at radius 3 is 0.682 bits per heavy atom. The van der Waals surface area contributed by atoms with Gasteiger partial charge in [0.1, 0.15) is 0 Å². The molecule has 11 aliphatic carbocycles. The number of hydrogen-bond acceptors (Lipinski definition) is 11. The Labute approximate surface area is 828 Å². The smallest absolute Gasteiger partial charge is 0.282 e. The van der Waals surface area contributed by atoms with Crippen molar-refractivity contribution in [3.63, 3.8) is 0 Å². The van der Waals surface area contributed by atoms with Gasteiger partial charge < -0.3 is 51.2 Å². The second-order valence-electron chi connectivity index (χ2n) is 42.9. The standard InChI is InChI=1S/C10H19BO.7C10H17BO.3C10H15BO/c11*1-6-7(2)9(4)10(5-12-11)8(6)3/h6-10H,5H2,1-4H3;4*8-10H,5H2,1-4H3;6,8,10H,5H2,1-4H3;6-7,9-10H,3,5H2,1-2,4H3;7-10H,1,5H2,2-4H3;9-10H,3,5H2,1-2,4H3;8,10H,1,5H2,2-4H3;7-8,10H,1,4-5H2,2-3H3. The maximum Gasteiger partial charge on any atom is 0.282 e. The summed E-state index contributed by atoms with van der Waals surface area (Å²) >= 11 is 0. The van der Waals surface area contributed by atoms with Gasteiger partial charge in [0.05, 0.1) is 0 Å². The number of hydrogen-bond donors (Lipinski definition) is 0. The summed E-state index contributed by atoms with van der Waals surface area (Å²) in [5.41, 5.74) is 28.1. The molecule has 0 heterocycles. The maximum absolute atomic E-state index is 5.12. The van der Waals surface area contributed by atoms with Gasteiger partial charge >= 0.3 is 0 Å². The second kappa shape index (κ2) is 60.9. The third-order valence-electron chi connectivity index (χ3n) is 38.3. The molecule has 11 aliphatic rings. The first kappa shape index (κ1) is 127. The van der Waals surface area contributed by atoms with Crippen LogP contribution in [0.5, 0.6) is 0 Å². The van der Waals surface area contributed by atoms with Crippen LogP contribution in [-0.2, 0) is 51.2 Å². The summed E-state index contributed by atoms with van der Waals surface area (Å²) in [5.74, 6) is 20.8. The van der Waals surface area contributed by atoms with Crippen molar-refractivity contribution in [3.8, 4) is 0 Å². The molecule has 0 aromatic heterocycles. The van der Waals surface area contributed by atoms with E-state index in [1.165, 1.54) is 111 Å². The molecule has 30 atom stereocenters. The summed E-state index contributed by atoms with van der Waals surface area (Å²) in [7, 11) is 56.0. The number of rotatable bonds is 22. The molecule has 0 aromatic carbocycles. The fourth-order valence-corrected chi connectivity index (χ4v) is 23.6. The Hall–Kier alpha value is -3.11. The predicted octanol–water partition coefficient (Wildman–Crippen LogP) is 24.8. The van der Waals surface area contributed by atoms with Gasteiger partial charge in [0.25, 0.3) is 88.5 Å². The normalized spacial score (nSPS) is 37.2. The molecule has 0 aliphatic heterocycles. The van der Waals surface area contributed by atoms with Gasteiger partial charge in [0, 0.05) is 102 Å². The zero-order chi connectivity index (χ0) is 102. The first-order chi connectivity index (χ1) is 61.5. The van der Waals surface area contributed by atoms with Crippen LogP contribution in [0.1, 0.15) is 263 Å². The van der Waals surface area contributed by atoms with Crippen LogP contribution in [0.2, 0.25) is 0 Å². The third kappa shape index (κ3) is 32.2. The zero-order valence-corrected chi connectivity index (χ0v) is 91.1. The van der Waals surface area contributed by atoms with Crippen LogP contribution in [0.4, 0.5) is 0 Å². The molecule has 4 saturated carbocycles. The maximum atomic E-state index is 5.12. The lowest BCUT2D eigenvalue weighted by Crippen LogP contribution is -2.19. The molecule has 132 heavy (non-hydrogen) atoms. The van der Waals surface area contributed by atoms with Crippen LogP contribution >= 0.6 is 0 Å². The molecule has 22 heteroatoms. The van der Waals surface area contributed by atoms with Crippen molar-refractivity contribution in [2.24, 2.45) is 207 Å². The average Bonchev–Trinajstić information content (AvgIpc) is 1.78. The zero-order valence-electron chi connectivity index (χ0n) is 91.1. The SMILES string of the molecule is [B]OCC1C(=C)C(C)=C(C)C1C.[B]OCC1C(=C)C(C)C(=C)C1C.[B]OCC1C(=C)C(C)C(C)C1C.[B]OCC1C(C)=C(C)C(=C)C1C.[B]OCC1C(C)=C(C)C(C)C1C.[B]OCC1C(C)C(=C)C(C)C1C.[B]OCC1C(C)C(C)=C(C)C1C.[B]OCC1C(C)C(C)=C(C)C1C.[B]OCC1C(C)C(C)=C(C)C1C.[B]OCC1C(C)C(C)=C(C)C1C.[B]OCC1C(C)C(C)C(C)C1C. The minimum Gasteiger partial charge on any atom is -0.447 e. The molecule has 11 nitrogen and oxygen atoms in total. The van der Waals surface area contributed by atoms with E-state index in [0.717, 1.165) is 30.3 Å². The molecule has 722 valence electrons. The fraction of sp³-hybridized carbons (Fsp3) is 0.764. The highest BCUT2D eigenvalue weighted by molar-refractivity contribution is 6.00. The summed E-state index contributed by atoms with van der Waals surface area (Å²) in [6.07, 6.45) is 0. The first-order valence-electron chi connectivity index (χ1n) is 49.8. The summed E-state index contributed by atoms with van der Waals surface area (Å²) in [5, 5.41) is 0. The third-order valence-corrected chi connectivity index (χ3v) is 38.3. The quantitative estimate of drug-likeness (QED) is 0.0765. The van der Waals surface area contributed by atoms with E-state index in [1.807, 2.05) is 0 Å². The van der Waals surface area contributed by atoms with E-state index in [2.05, 4.69) is 317 Å². The molecule has 30 unspecified atom stereocenters. The van der Waals surface area contributed by atoms with E-state index in [-0.39, 0.29) is 0 Å². The van der Waals surface area contributed by atoms with Crippen molar-refractivity contribution in [3.05, 3.63) is 151 Å². The molecular weight excluding hydrogens is 1620 g/mol. The van der Waals surface area contributed by atoms with E-state index in [1.54, 1.807) is 0 Å². The molecule has 0 aromatic rings. The second-order valence-corrected chi connectivity index (χ2v) is 42.9. The fourth-order valence-electron chi connectivity index (χ4n) is 23.6. The van der Waals surface area contributed by atoms with Crippen molar-refractivity contribution in [2.75, 3.05) is 72.7 Å².